The number of nitrogen functional groups attached to an aromatic ring is 1. The van der Waals surface area contributed by atoms with Gasteiger partial charge < -0.3 is 15.9 Å². The van der Waals surface area contributed by atoms with Gasteiger partial charge in [-0.05, 0) is 53.9 Å². The van der Waals surface area contributed by atoms with Crippen LogP contribution in [0.15, 0.2) is 93.5 Å². The number of anilines is 1. The van der Waals surface area contributed by atoms with Gasteiger partial charge in [-0.3, -0.25) is 13.7 Å². The summed E-state index contributed by atoms with van der Waals surface area (Å²) >= 11 is 0.384. The maximum absolute atomic E-state index is 12.4. The van der Waals surface area contributed by atoms with E-state index in [0.29, 0.717) is 12.1 Å². The van der Waals surface area contributed by atoms with Crippen molar-refractivity contribution in [1.29, 1.82) is 0 Å². The molecule has 262 valence electrons. The summed E-state index contributed by atoms with van der Waals surface area (Å²) in [4.78, 5) is -3.16. The summed E-state index contributed by atoms with van der Waals surface area (Å²) in [6, 6.07) is 7.34. The smallest absolute Gasteiger partial charge is 0.296 e. The molecule has 0 unspecified atom stereocenters. The Morgan fingerprint density at radius 2 is 1.18 bits per heavy atom. The van der Waals surface area contributed by atoms with E-state index >= 15 is 0 Å². The van der Waals surface area contributed by atoms with Crippen LogP contribution in [0.2, 0.25) is 0 Å². The number of aromatic hydroxyl groups is 2. The minimum atomic E-state index is -5.28. The number of fused-ring (bicyclic) bond motifs is 1. The topological polar surface area (TPSA) is 356 Å². The van der Waals surface area contributed by atoms with Crippen molar-refractivity contribution < 1.29 is 78.4 Å². The Bertz CT molecular complexity index is 2340. The molecule has 4 rings (SSSR count). The van der Waals surface area contributed by atoms with E-state index < -0.39 is 84.7 Å². The van der Waals surface area contributed by atoms with Gasteiger partial charge in [0.1, 0.15) is 32.5 Å². The fourth-order valence-corrected chi connectivity index (χ4v) is 6.58. The first kappa shape index (κ1) is 37.7. The van der Waals surface area contributed by atoms with Gasteiger partial charge >= 0.3 is 0 Å². The molecule has 0 aliphatic carbocycles. The van der Waals surface area contributed by atoms with Crippen molar-refractivity contribution in [2.45, 2.75) is 24.5 Å². The Morgan fingerprint density at radius 3 is 1.78 bits per heavy atom. The highest BCUT2D eigenvalue weighted by atomic mass is 32.2. The molecule has 27 heteroatoms. The highest BCUT2D eigenvalue weighted by Gasteiger charge is 2.27. The molecule has 0 aliphatic heterocycles. The molecule has 49 heavy (non-hydrogen) atoms. The van der Waals surface area contributed by atoms with Crippen molar-refractivity contribution in [2.24, 2.45) is 20.5 Å². The summed E-state index contributed by atoms with van der Waals surface area (Å²) in [7, 11) is -15.0. The maximum Gasteiger partial charge on any atom is 0.296 e. The summed E-state index contributed by atoms with van der Waals surface area (Å²) in [6.45, 7) is 0. The van der Waals surface area contributed by atoms with Crippen LogP contribution in [0.25, 0.3) is 10.8 Å². The molecule has 22 nitrogen and oxygen atoms in total. The molecular weight excluding hydrogens is 767 g/mol. The van der Waals surface area contributed by atoms with Gasteiger partial charge in [0.05, 0.1) is 44.2 Å². The summed E-state index contributed by atoms with van der Waals surface area (Å²) in [5, 5.41) is 60.3. The second-order valence-electron chi connectivity index (χ2n) is 8.88. The van der Waals surface area contributed by atoms with Crippen LogP contribution in [0.1, 0.15) is 0 Å². The molecule has 0 saturated carbocycles. The van der Waals surface area contributed by atoms with Crippen molar-refractivity contribution in [2.75, 3.05) is 5.73 Å². The Hall–Kier alpha value is -4.07. The monoisotopic (exact) mass is 783 g/mol. The first-order valence-corrected chi connectivity index (χ1v) is 17.8. The lowest BCUT2D eigenvalue weighted by Crippen LogP contribution is -2.00. The highest BCUT2D eigenvalue weighted by molar-refractivity contribution is 7.95. The molecule has 0 atom stereocenters. The minimum Gasteiger partial charge on any atom is -0.505 e. The molecule has 0 spiro atoms. The quantitative estimate of drug-likeness (QED) is 0.0214. The molecular formula is C22H17N5O17S5. The molecule has 0 saturated heterocycles. The molecule has 0 heterocycles. The lowest BCUT2D eigenvalue weighted by molar-refractivity contribution is -0.432. The molecule has 0 radical (unpaired) electrons. The Balaban J connectivity index is 2.01. The van der Waals surface area contributed by atoms with Crippen LogP contribution < -0.4 is 5.73 Å². The molecule has 0 fully saturated rings. The first-order chi connectivity index (χ1) is 22.9. The minimum absolute atomic E-state index is 0.0872. The predicted molar refractivity (Wildman–Crippen MR) is 164 cm³/mol. The van der Waals surface area contributed by atoms with Crippen LogP contribution in [0, 0.1) is 0 Å². The highest BCUT2D eigenvalue weighted by Crippen LogP contribution is 2.51. The largest absolute Gasteiger partial charge is 0.505 e. The SMILES string of the molecule is Nc1ccc(N=Nc2c(SOOO)cc3cc(S(=O)(=O)O)c(N=Nc4cc(S(=O)(=O)O)ccc4SOOO)c(O)c3c2O)c(S(=O)(=O)O)c1. The van der Waals surface area contributed by atoms with E-state index in [1.54, 1.807) is 0 Å². The van der Waals surface area contributed by atoms with Crippen LogP contribution >= 0.6 is 24.1 Å². The number of hydrogen-bond acceptors (Lipinski definition) is 21. The van der Waals surface area contributed by atoms with Crippen LogP contribution in [-0.2, 0) is 49.1 Å². The summed E-state index contributed by atoms with van der Waals surface area (Å²) in [5.41, 5.74) is 2.80. The molecule has 0 amide bonds. The third-order valence-corrected chi connectivity index (χ3v) is 9.72. The molecule has 9 N–H and O–H groups in total. The number of azo groups is 2. The molecule has 0 aliphatic rings. The summed E-state index contributed by atoms with van der Waals surface area (Å²) < 4.78 is 109. The second kappa shape index (κ2) is 14.8. The van der Waals surface area contributed by atoms with Gasteiger partial charge in [-0.15, -0.1) is 29.1 Å². The Labute approximate surface area is 281 Å². The summed E-state index contributed by atoms with van der Waals surface area (Å²) in [6.07, 6.45) is 0. The molecule has 0 bridgehead atoms. The van der Waals surface area contributed by atoms with Gasteiger partial charge in [0.15, 0.2) is 11.5 Å². The van der Waals surface area contributed by atoms with Crippen LogP contribution in [0.5, 0.6) is 11.5 Å². The molecule has 4 aromatic rings. The van der Waals surface area contributed by atoms with Crippen molar-refractivity contribution in [1.82, 2.24) is 0 Å². The van der Waals surface area contributed by atoms with Gasteiger partial charge in [-0.25, -0.2) is 10.5 Å². The summed E-state index contributed by atoms with van der Waals surface area (Å²) in [5.74, 6) is -2.22. The Morgan fingerprint density at radius 1 is 0.612 bits per heavy atom. The van der Waals surface area contributed by atoms with E-state index in [9.17, 15) is 49.1 Å². The number of rotatable bonds is 13. The van der Waals surface area contributed by atoms with Crippen molar-refractivity contribution in [3.8, 4) is 11.5 Å². The molecule has 0 aromatic heterocycles. The van der Waals surface area contributed by atoms with E-state index in [2.05, 4.69) is 39.2 Å². The second-order valence-corrected chi connectivity index (χ2v) is 14.6. The molecule has 4 aromatic carbocycles. The fourth-order valence-electron chi connectivity index (χ4n) is 3.85. The average molecular weight is 784 g/mol. The van der Waals surface area contributed by atoms with Gasteiger partial charge in [0, 0.05) is 5.69 Å². The van der Waals surface area contributed by atoms with E-state index in [-0.39, 0.29) is 45.0 Å². The third kappa shape index (κ3) is 8.75. The zero-order chi connectivity index (χ0) is 36.3. The van der Waals surface area contributed by atoms with E-state index in [1.165, 1.54) is 6.07 Å². The van der Waals surface area contributed by atoms with Crippen molar-refractivity contribution in [3.05, 3.63) is 48.5 Å². The normalized spacial score (nSPS) is 12.8. The predicted octanol–water partition coefficient (Wildman–Crippen LogP) is 5.26. The number of nitrogens with two attached hydrogens (primary N) is 1. The van der Waals surface area contributed by atoms with Crippen LogP contribution in [0.3, 0.4) is 0 Å². The number of phenolic OH excluding ortho intramolecular Hbond substituents is 2. The fraction of sp³-hybridized carbons (Fsp3) is 0. The van der Waals surface area contributed by atoms with Crippen LogP contribution in [-0.4, -0.2) is 59.6 Å². The third-order valence-electron chi connectivity index (χ3n) is 5.84. The lowest BCUT2D eigenvalue weighted by Gasteiger charge is -2.13. The van der Waals surface area contributed by atoms with Gasteiger partial charge in [0.25, 0.3) is 30.4 Å². The Kier molecular flexibility index (Phi) is 11.4. The number of nitrogens with zero attached hydrogens (tertiary/aromatic N) is 4. The van der Waals surface area contributed by atoms with E-state index in [0.717, 1.165) is 30.3 Å². The van der Waals surface area contributed by atoms with Crippen molar-refractivity contribution in [3.63, 3.8) is 0 Å². The van der Waals surface area contributed by atoms with Gasteiger partial charge in [0.2, 0.25) is 0 Å². The zero-order valence-corrected chi connectivity index (χ0v) is 27.3. The van der Waals surface area contributed by atoms with E-state index in [4.69, 9.17) is 16.2 Å². The number of benzene rings is 4. The maximum atomic E-state index is 12.4. The van der Waals surface area contributed by atoms with Crippen molar-refractivity contribution >= 4 is 93.6 Å². The van der Waals surface area contributed by atoms with Gasteiger partial charge in [-0.2, -0.15) is 25.3 Å². The first-order valence-electron chi connectivity index (χ1n) is 12.0. The lowest BCUT2D eigenvalue weighted by atomic mass is 10.1. The number of phenols is 2. The standard InChI is InChI=1S/C22H17N5O17S5/c23-10-1-3-12(16(7-10)48(35,36)37)24-26-19-15(46-44-42-31)5-9-6-17(49(38,39)40)20(22(29)18(9)21(19)28)27-25-13-8-11(47(32,33)34)2-4-14(13)45-43-41-30/h1-8,28-31H,23H2,(H,32,33,34)(H,35,36,37)(H,38,39,40). The number of hydrogen-bond donors (Lipinski definition) is 8. The van der Waals surface area contributed by atoms with Gasteiger partial charge in [-0.1, -0.05) is 10.1 Å². The zero-order valence-electron chi connectivity index (χ0n) is 23.2. The average Bonchev–Trinajstić information content (AvgIpc) is 3.00. The van der Waals surface area contributed by atoms with E-state index in [1.807, 2.05) is 0 Å². The van der Waals surface area contributed by atoms with Crippen LogP contribution in [0.4, 0.5) is 28.4 Å².